The summed E-state index contributed by atoms with van der Waals surface area (Å²) in [4.78, 5) is 19.0. The van der Waals surface area contributed by atoms with Gasteiger partial charge in [0, 0.05) is 18.9 Å². The standard InChI is InChI=1S/C12H13N5O2/c18-11(19)6-10-15-12-14-5-3-9(17(12)16-10)8-2-1-4-13-7-8/h1-2,4,7,9H,3,5-6H2,(H,18,19)(H,14,15,16). The summed E-state index contributed by atoms with van der Waals surface area (Å²) in [5.74, 6) is 0.0167. The molecule has 0 aliphatic carbocycles. The summed E-state index contributed by atoms with van der Waals surface area (Å²) in [5, 5.41) is 16.2. The number of nitrogens with zero attached hydrogens (tertiary/aromatic N) is 4. The van der Waals surface area contributed by atoms with Crippen molar-refractivity contribution in [2.75, 3.05) is 11.9 Å². The lowest BCUT2D eigenvalue weighted by atomic mass is 10.1. The Morgan fingerprint density at radius 2 is 2.47 bits per heavy atom. The van der Waals surface area contributed by atoms with E-state index in [-0.39, 0.29) is 12.5 Å². The maximum absolute atomic E-state index is 10.7. The van der Waals surface area contributed by atoms with Crippen molar-refractivity contribution in [2.24, 2.45) is 0 Å². The van der Waals surface area contributed by atoms with Crippen molar-refractivity contribution in [3.8, 4) is 0 Å². The second-order valence-electron chi connectivity index (χ2n) is 4.38. The monoisotopic (exact) mass is 259 g/mol. The van der Waals surface area contributed by atoms with Gasteiger partial charge in [0.1, 0.15) is 6.42 Å². The Bertz CT molecular complexity index is 595. The summed E-state index contributed by atoms with van der Waals surface area (Å²) in [5.41, 5.74) is 1.05. The molecule has 19 heavy (non-hydrogen) atoms. The number of hydrogen-bond donors (Lipinski definition) is 2. The van der Waals surface area contributed by atoms with Crippen molar-refractivity contribution < 1.29 is 9.90 Å². The van der Waals surface area contributed by atoms with E-state index in [0.717, 1.165) is 18.5 Å². The minimum absolute atomic E-state index is 0.0556. The number of carbonyl (C=O) groups is 1. The zero-order valence-corrected chi connectivity index (χ0v) is 10.2. The van der Waals surface area contributed by atoms with Crippen LogP contribution in [0.1, 0.15) is 23.9 Å². The molecule has 1 unspecified atom stereocenters. The molecule has 98 valence electrons. The summed E-state index contributed by atoms with van der Waals surface area (Å²) < 4.78 is 1.75. The van der Waals surface area contributed by atoms with Crippen LogP contribution in [0.4, 0.5) is 5.95 Å². The molecular formula is C12H13N5O2. The predicted molar refractivity (Wildman–Crippen MR) is 66.8 cm³/mol. The summed E-state index contributed by atoms with van der Waals surface area (Å²) in [6.45, 7) is 0.783. The number of nitrogens with one attached hydrogen (secondary N) is 1. The number of carboxylic acids is 1. The molecule has 0 saturated carbocycles. The molecule has 7 nitrogen and oxygen atoms in total. The van der Waals surface area contributed by atoms with Crippen molar-refractivity contribution in [1.29, 1.82) is 0 Å². The normalized spacial score (nSPS) is 17.6. The molecule has 2 aromatic heterocycles. The minimum Gasteiger partial charge on any atom is -0.481 e. The molecule has 0 aromatic carbocycles. The van der Waals surface area contributed by atoms with Gasteiger partial charge in [0.05, 0.1) is 6.04 Å². The average molecular weight is 259 g/mol. The van der Waals surface area contributed by atoms with Gasteiger partial charge in [-0.15, -0.1) is 0 Å². The van der Waals surface area contributed by atoms with Crippen LogP contribution in [-0.4, -0.2) is 37.4 Å². The lowest BCUT2D eigenvalue weighted by Crippen LogP contribution is -2.24. The van der Waals surface area contributed by atoms with E-state index in [1.807, 2.05) is 12.1 Å². The Balaban J connectivity index is 1.95. The second kappa shape index (κ2) is 4.68. The number of rotatable bonds is 3. The fourth-order valence-corrected chi connectivity index (χ4v) is 2.24. The van der Waals surface area contributed by atoms with Crippen molar-refractivity contribution in [3.05, 3.63) is 35.9 Å². The van der Waals surface area contributed by atoms with E-state index in [4.69, 9.17) is 5.11 Å². The summed E-state index contributed by atoms with van der Waals surface area (Å²) >= 11 is 0. The highest BCUT2D eigenvalue weighted by Gasteiger charge is 2.24. The topological polar surface area (TPSA) is 92.9 Å². The summed E-state index contributed by atoms with van der Waals surface area (Å²) in [6.07, 6.45) is 4.23. The van der Waals surface area contributed by atoms with Crippen molar-refractivity contribution in [1.82, 2.24) is 19.7 Å². The number of hydrogen-bond acceptors (Lipinski definition) is 5. The van der Waals surface area contributed by atoms with Crippen molar-refractivity contribution in [3.63, 3.8) is 0 Å². The van der Waals surface area contributed by atoms with E-state index in [0.29, 0.717) is 11.8 Å². The Morgan fingerprint density at radius 1 is 1.58 bits per heavy atom. The van der Waals surface area contributed by atoms with Crippen LogP contribution in [0.2, 0.25) is 0 Å². The van der Waals surface area contributed by atoms with Gasteiger partial charge in [-0.05, 0) is 18.1 Å². The molecule has 1 atom stereocenters. The zero-order chi connectivity index (χ0) is 13.2. The van der Waals surface area contributed by atoms with Crippen LogP contribution in [0.3, 0.4) is 0 Å². The Morgan fingerprint density at radius 3 is 3.21 bits per heavy atom. The van der Waals surface area contributed by atoms with Crippen LogP contribution >= 0.6 is 0 Å². The van der Waals surface area contributed by atoms with Crippen molar-refractivity contribution >= 4 is 11.9 Å². The molecule has 0 amide bonds. The number of pyridine rings is 1. The molecule has 2 N–H and O–H groups in total. The first-order valence-corrected chi connectivity index (χ1v) is 6.05. The van der Waals surface area contributed by atoms with E-state index in [9.17, 15) is 4.79 Å². The van der Waals surface area contributed by atoms with Gasteiger partial charge < -0.3 is 10.4 Å². The predicted octanol–water partition coefficient (Wildman–Crippen LogP) is 0.705. The average Bonchev–Trinajstić information content (AvgIpc) is 2.80. The third-order valence-corrected chi connectivity index (χ3v) is 3.05. The fourth-order valence-electron chi connectivity index (χ4n) is 2.24. The van der Waals surface area contributed by atoms with Crippen LogP contribution in [0.15, 0.2) is 24.5 Å². The lowest BCUT2D eigenvalue weighted by molar-refractivity contribution is -0.136. The number of fused-ring (bicyclic) bond motifs is 1. The first-order chi connectivity index (χ1) is 9.24. The van der Waals surface area contributed by atoms with E-state index in [1.54, 1.807) is 17.1 Å². The molecule has 2 aromatic rings. The van der Waals surface area contributed by atoms with Gasteiger partial charge in [-0.3, -0.25) is 9.78 Å². The molecule has 0 saturated heterocycles. The number of carboxylic acid groups (broad SMARTS) is 1. The zero-order valence-electron chi connectivity index (χ0n) is 10.2. The molecule has 7 heteroatoms. The highest BCUT2D eigenvalue weighted by Crippen LogP contribution is 2.27. The first-order valence-electron chi connectivity index (χ1n) is 6.05. The number of anilines is 1. The Labute approximate surface area is 109 Å². The van der Waals surface area contributed by atoms with E-state index in [2.05, 4.69) is 20.4 Å². The third kappa shape index (κ3) is 2.26. The smallest absolute Gasteiger partial charge is 0.311 e. The summed E-state index contributed by atoms with van der Waals surface area (Å²) in [7, 11) is 0. The lowest BCUT2D eigenvalue weighted by Gasteiger charge is -2.24. The van der Waals surface area contributed by atoms with Gasteiger partial charge in [0.2, 0.25) is 5.95 Å². The summed E-state index contributed by atoms with van der Waals surface area (Å²) in [6, 6.07) is 3.93. The van der Waals surface area contributed by atoms with Crippen LogP contribution in [0.5, 0.6) is 0 Å². The first kappa shape index (κ1) is 11.6. The van der Waals surface area contributed by atoms with Gasteiger partial charge in [-0.25, -0.2) is 4.68 Å². The van der Waals surface area contributed by atoms with Gasteiger partial charge in [0.15, 0.2) is 5.82 Å². The van der Waals surface area contributed by atoms with Crippen LogP contribution in [0.25, 0.3) is 0 Å². The maximum Gasteiger partial charge on any atom is 0.311 e. The third-order valence-electron chi connectivity index (χ3n) is 3.05. The van der Waals surface area contributed by atoms with Gasteiger partial charge in [0.25, 0.3) is 0 Å². The molecule has 3 heterocycles. The highest BCUT2D eigenvalue weighted by molar-refractivity contribution is 5.69. The molecule has 0 spiro atoms. The number of aliphatic carboxylic acids is 1. The molecule has 0 radical (unpaired) electrons. The fraction of sp³-hybridized carbons (Fsp3) is 0.333. The second-order valence-corrected chi connectivity index (χ2v) is 4.38. The van der Waals surface area contributed by atoms with Crippen LogP contribution < -0.4 is 5.32 Å². The molecule has 1 aliphatic rings. The van der Waals surface area contributed by atoms with E-state index in [1.165, 1.54) is 0 Å². The van der Waals surface area contributed by atoms with E-state index >= 15 is 0 Å². The van der Waals surface area contributed by atoms with Crippen molar-refractivity contribution in [2.45, 2.75) is 18.9 Å². The van der Waals surface area contributed by atoms with Gasteiger partial charge in [-0.1, -0.05) is 6.07 Å². The minimum atomic E-state index is -0.930. The van der Waals surface area contributed by atoms with E-state index < -0.39 is 5.97 Å². The molecule has 1 aliphatic heterocycles. The van der Waals surface area contributed by atoms with Crippen LogP contribution in [0, 0.1) is 0 Å². The van der Waals surface area contributed by atoms with Gasteiger partial charge in [-0.2, -0.15) is 10.1 Å². The largest absolute Gasteiger partial charge is 0.481 e. The van der Waals surface area contributed by atoms with Gasteiger partial charge >= 0.3 is 5.97 Å². The van der Waals surface area contributed by atoms with Crippen LogP contribution in [-0.2, 0) is 11.2 Å². The molecule has 0 fully saturated rings. The number of aromatic nitrogens is 4. The highest BCUT2D eigenvalue weighted by atomic mass is 16.4. The molecule has 3 rings (SSSR count). The molecule has 0 bridgehead atoms. The quantitative estimate of drug-likeness (QED) is 0.843. The SMILES string of the molecule is O=C(O)Cc1nc2n(n1)C(c1cccnc1)CCN2. The maximum atomic E-state index is 10.7. The molecular weight excluding hydrogens is 246 g/mol. The Kier molecular flexibility index (Phi) is 2.86. The Hall–Kier alpha value is -2.44.